The summed E-state index contributed by atoms with van der Waals surface area (Å²) in [5, 5.41) is 2.21. The topological polar surface area (TPSA) is 26.3 Å². The van der Waals surface area contributed by atoms with Gasteiger partial charge in [0.2, 0.25) is 0 Å². The van der Waals surface area contributed by atoms with Crippen LogP contribution in [0.1, 0.15) is 58.6 Å². The second-order valence-corrected chi connectivity index (χ2v) is 6.71. The number of carbonyl (C=O) groups excluding carboxylic acids is 1. The summed E-state index contributed by atoms with van der Waals surface area (Å²) < 4.78 is 4.85. The molecule has 3 heteroatoms. The minimum atomic E-state index is -0.269. The molecule has 0 amide bonds. The zero-order valence-corrected chi connectivity index (χ0v) is 14.8. The highest BCUT2D eigenvalue weighted by Gasteiger charge is 2.32. The minimum Gasteiger partial charge on any atom is -0.465 e. The Labute approximate surface area is 137 Å². The van der Waals surface area contributed by atoms with Gasteiger partial charge in [0.15, 0.2) is 0 Å². The predicted molar refractivity (Wildman–Crippen MR) is 92.9 cm³/mol. The van der Waals surface area contributed by atoms with Crippen molar-refractivity contribution in [2.75, 3.05) is 7.11 Å². The molecular formula is C19H24O2S. The van der Waals surface area contributed by atoms with E-state index in [1.54, 1.807) is 0 Å². The van der Waals surface area contributed by atoms with Crippen LogP contribution in [0.5, 0.6) is 0 Å². The lowest BCUT2D eigenvalue weighted by Gasteiger charge is -2.32. The van der Waals surface area contributed by atoms with Gasteiger partial charge in [-0.2, -0.15) is 0 Å². The quantitative estimate of drug-likeness (QED) is 0.703. The van der Waals surface area contributed by atoms with E-state index < -0.39 is 0 Å². The third kappa shape index (κ3) is 2.82. The zero-order valence-electron chi connectivity index (χ0n) is 14.0. The van der Waals surface area contributed by atoms with Crippen LogP contribution < -0.4 is 0 Å². The first-order chi connectivity index (χ1) is 10.5. The fourth-order valence-corrected chi connectivity index (χ4v) is 4.40. The highest BCUT2D eigenvalue weighted by Crippen LogP contribution is 2.42. The standard InChI is InChI=1S/C19H24O2S/c1-6-19(7-2,17-10-13(3)12-22-17)15-8-9-16(14(4)11-15)18(20)21-5/h8-12H,6-7H2,1-5H3. The molecule has 1 aromatic carbocycles. The number of aryl methyl sites for hydroxylation is 2. The Morgan fingerprint density at radius 3 is 2.32 bits per heavy atom. The summed E-state index contributed by atoms with van der Waals surface area (Å²) in [6, 6.07) is 8.42. The monoisotopic (exact) mass is 316 g/mol. The van der Waals surface area contributed by atoms with Crippen molar-refractivity contribution in [1.29, 1.82) is 0 Å². The Balaban J connectivity index is 2.54. The van der Waals surface area contributed by atoms with Crippen LogP contribution in [0.2, 0.25) is 0 Å². The number of rotatable bonds is 5. The number of thiophene rings is 1. The van der Waals surface area contributed by atoms with E-state index in [0.29, 0.717) is 5.56 Å². The van der Waals surface area contributed by atoms with Crippen molar-refractivity contribution in [1.82, 2.24) is 0 Å². The Morgan fingerprint density at radius 1 is 1.18 bits per heavy atom. The summed E-state index contributed by atoms with van der Waals surface area (Å²) in [7, 11) is 1.42. The summed E-state index contributed by atoms with van der Waals surface area (Å²) in [5.41, 5.74) is 4.25. The first-order valence-corrected chi connectivity index (χ1v) is 8.61. The summed E-state index contributed by atoms with van der Waals surface area (Å²) >= 11 is 1.83. The van der Waals surface area contributed by atoms with Gasteiger partial charge in [0, 0.05) is 10.3 Å². The van der Waals surface area contributed by atoms with Crippen LogP contribution in [-0.2, 0) is 10.2 Å². The highest BCUT2D eigenvalue weighted by atomic mass is 32.1. The van der Waals surface area contributed by atoms with E-state index in [1.165, 1.54) is 23.1 Å². The Bertz CT molecular complexity index is 666. The van der Waals surface area contributed by atoms with Crippen molar-refractivity contribution in [3.05, 3.63) is 56.8 Å². The lowest BCUT2D eigenvalue weighted by atomic mass is 9.74. The van der Waals surface area contributed by atoms with Crippen molar-refractivity contribution in [3.63, 3.8) is 0 Å². The van der Waals surface area contributed by atoms with Gasteiger partial charge in [-0.05, 0) is 60.9 Å². The van der Waals surface area contributed by atoms with Gasteiger partial charge in [0.05, 0.1) is 12.7 Å². The fourth-order valence-electron chi connectivity index (χ4n) is 3.13. The van der Waals surface area contributed by atoms with Crippen molar-refractivity contribution in [2.45, 2.75) is 46.0 Å². The molecule has 2 aromatic rings. The Morgan fingerprint density at radius 2 is 1.86 bits per heavy atom. The largest absolute Gasteiger partial charge is 0.465 e. The minimum absolute atomic E-state index is 0.0261. The number of hydrogen-bond acceptors (Lipinski definition) is 3. The molecule has 0 unspecified atom stereocenters. The van der Waals surface area contributed by atoms with Crippen LogP contribution in [0.4, 0.5) is 0 Å². The molecule has 2 nitrogen and oxygen atoms in total. The molecule has 0 aliphatic heterocycles. The maximum Gasteiger partial charge on any atom is 0.338 e. The van der Waals surface area contributed by atoms with E-state index in [0.717, 1.165) is 18.4 Å². The van der Waals surface area contributed by atoms with Crippen LogP contribution in [0, 0.1) is 13.8 Å². The Kier molecular flexibility index (Phi) is 5.07. The summed E-state index contributed by atoms with van der Waals surface area (Å²) in [4.78, 5) is 13.2. The molecule has 2 rings (SSSR count). The lowest BCUT2D eigenvalue weighted by molar-refractivity contribution is 0.0600. The first kappa shape index (κ1) is 16.8. The van der Waals surface area contributed by atoms with Crippen LogP contribution in [0.15, 0.2) is 29.6 Å². The number of ether oxygens (including phenoxy) is 1. The van der Waals surface area contributed by atoms with Gasteiger partial charge < -0.3 is 4.74 Å². The zero-order chi connectivity index (χ0) is 16.3. The highest BCUT2D eigenvalue weighted by molar-refractivity contribution is 7.10. The predicted octanol–water partition coefficient (Wildman–Crippen LogP) is 5.26. The van der Waals surface area contributed by atoms with Gasteiger partial charge >= 0.3 is 5.97 Å². The lowest BCUT2D eigenvalue weighted by Crippen LogP contribution is -2.25. The molecule has 0 bridgehead atoms. The molecular weight excluding hydrogens is 292 g/mol. The van der Waals surface area contributed by atoms with E-state index in [-0.39, 0.29) is 11.4 Å². The molecule has 0 fully saturated rings. The smallest absolute Gasteiger partial charge is 0.338 e. The van der Waals surface area contributed by atoms with Crippen LogP contribution in [0.3, 0.4) is 0 Å². The average Bonchev–Trinajstić information content (AvgIpc) is 2.95. The van der Waals surface area contributed by atoms with Gasteiger partial charge in [0.1, 0.15) is 0 Å². The van der Waals surface area contributed by atoms with Crippen molar-refractivity contribution in [2.24, 2.45) is 0 Å². The van der Waals surface area contributed by atoms with Gasteiger partial charge in [0.25, 0.3) is 0 Å². The molecule has 0 radical (unpaired) electrons. The number of methoxy groups -OCH3 is 1. The van der Waals surface area contributed by atoms with Crippen molar-refractivity contribution in [3.8, 4) is 0 Å². The molecule has 1 heterocycles. The summed E-state index contributed by atoms with van der Waals surface area (Å²) in [5.74, 6) is -0.269. The van der Waals surface area contributed by atoms with Gasteiger partial charge in [-0.15, -0.1) is 11.3 Å². The summed E-state index contributed by atoms with van der Waals surface area (Å²) in [6.45, 7) is 8.59. The second kappa shape index (κ2) is 6.66. The molecule has 118 valence electrons. The van der Waals surface area contributed by atoms with E-state index in [2.05, 4.69) is 44.4 Å². The molecule has 0 saturated carbocycles. The second-order valence-electron chi connectivity index (χ2n) is 5.80. The van der Waals surface area contributed by atoms with E-state index >= 15 is 0 Å². The van der Waals surface area contributed by atoms with E-state index in [1.807, 2.05) is 24.3 Å². The van der Waals surface area contributed by atoms with Crippen LogP contribution in [-0.4, -0.2) is 13.1 Å². The van der Waals surface area contributed by atoms with E-state index in [9.17, 15) is 4.79 Å². The van der Waals surface area contributed by atoms with Crippen LogP contribution in [0.25, 0.3) is 0 Å². The van der Waals surface area contributed by atoms with E-state index in [4.69, 9.17) is 4.74 Å². The third-order valence-corrected chi connectivity index (χ3v) is 5.85. The molecule has 0 atom stereocenters. The number of carbonyl (C=O) groups is 1. The normalized spacial score (nSPS) is 11.5. The first-order valence-electron chi connectivity index (χ1n) is 7.73. The molecule has 0 aliphatic carbocycles. The number of hydrogen-bond donors (Lipinski definition) is 0. The van der Waals surface area contributed by atoms with Crippen molar-refractivity contribution >= 4 is 17.3 Å². The number of esters is 1. The molecule has 0 N–H and O–H groups in total. The average molecular weight is 316 g/mol. The molecule has 22 heavy (non-hydrogen) atoms. The SMILES string of the molecule is CCC(CC)(c1ccc(C(=O)OC)c(C)c1)c1cc(C)cs1. The fraction of sp³-hybridized carbons (Fsp3) is 0.421. The van der Waals surface area contributed by atoms with Crippen LogP contribution >= 0.6 is 11.3 Å². The van der Waals surface area contributed by atoms with Gasteiger partial charge in [-0.3, -0.25) is 0 Å². The molecule has 0 aliphatic rings. The maximum absolute atomic E-state index is 11.8. The molecule has 0 spiro atoms. The molecule has 0 saturated heterocycles. The van der Waals surface area contributed by atoms with Gasteiger partial charge in [-0.1, -0.05) is 26.0 Å². The number of benzene rings is 1. The van der Waals surface area contributed by atoms with Gasteiger partial charge in [-0.25, -0.2) is 4.79 Å². The Hall–Kier alpha value is -1.61. The van der Waals surface area contributed by atoms with Crippen molar-refractivity contribution < 1.29 is 9.53 Å². The maximum atomic E-state index is 11.8. The third-order valence-electron chi connectivity index (χ3n) is 4.59. The summed E-state index contributed by atoms with van der Waals surface area (Å²) in [6.07, 6.45) is 2.08. The molecule has 1 aromatic heterocycles.